The summed E-state index contributed by atoms with van der Waals surface area (Å²) >= 11 is 7.71. The first kappa shape index (κ1) is 19.4. The highest BCUT2D eigenvalue weighted by Crippen LogP contribution is 2.33. The number of aromatic nitrogens is 1. The highest BCUT2D eigenvalue weighted by atomic mass is 35.5. The maximum absolute atomic E-state index is 12.8. The largest absolute Gasteiger partial charge is 0.341 e. The predicted molar refractivity (Wildman–Crippen MR) is 116 cm³/mol. The minimum atomic E-state index is 0.103. The zero-order chi connectivity index (χ0) is 19.5. The summed E-state index contributed by atoms with van der Waals surface area (Å²) in [4.78, 5) is 19.6. The molecule has 2 heterocycles. The number of halogens is 1. The first-order valence-corrected chi connectivity index (χ1v) is 10.9. The number of hydrogen-bond donors (Lipinski definition) is 1. The van der Waals surface area contributed by atoms with Gasteiger partial charge in [0.2, 0.25) is 5.91 Å². The zero-order valence-corrected chi connectivity index (χ0v) is 17.5. The number of carbonyl (C=O) groups is 1. The van der Waals surface area contributed by atoms with Gasteiger partial charge in [0.15, 0.2) is 0 Å². The lowest BCUT2D eigenvalue weighted by Crippen LogP contribution is -2.43. The average molecular weight is 414 g/mol. The SMILES string of the molecule is C[C@H](NCC(=O)N1CCC[C@H](c2nc3ccccc3s2)C1)c1ccc(Cl)cc1. The molecular formula is C22H24ClN3OS. The summed E-state index contributed by atoms with van der Waals surface area (Å²) in [5.74, 6) is 0.496. The Labute approximate surface area is 174 Å². The third-order valence-corrected chi connectivity index (χ3v) is 6.81. The normalized spacial score (nSPS) is 18.4. The van der Waals surface area contributed by atoms with Gasteiger partial charge in [-0.1, -0.05) is 35.9 Å². The van der Waals surface area contributed by atoms with Crippen LogP contribution in [0.4, 0.5) is 0 Å². The Balaban J connectivity index is 1.35. The van der Waals surface area contributed by atoms with Crippen LogP contribution in [0.15, 0.2) is 48.5 Å². The summed E-state index contributed by atoms with van der Waals surface area (Å²) in [6.07, 6.45) is 2.12. The van der Waals surface area contributed by atoms with Crippen LogP contribution in [0.5, 0.6) is 0 Å². The lowest BCUT2D eigenvalue weighted by molar-refractivity contribution is -0.131. The molecule has 0 saturated carbocycles. The van der Waals surface area contributed by atoms with Gasteiger partial charge in [0.25, 0.3) is 0 Å². The van der Waals surface area contributed by atoms with Gasteiger partial charge in [-0.15, -0.1) is 11.3 Å². The predicted octanol–water partition coefficient (Wildman–Crippen LogP) is 5.01. The minimum absolute atomic E-state index is 0.103. The van der Waals surface area contributed by atoms with E-state index in [0.717, 1.165) is 47.0 Å². The molecule has 1 N–H and O–H groups in total. The highest BCUT2D eigenvalue weighted by Gasteiger charge is 2.27. The van der Waals surface area contributed by atoms with E-state index >= 15 is 0 Å². The molecule has 0 bridgehead atoms. The maximum Gasteiger partial charge on any atom is 0.236 e. The zero-order valence-electron chi connectivity index (χ0n) is 15.9. The fourth-order valence-electron chi connectivity index (χ4n) is 3.69. The molecule has 4 nitrogen and oxygen atoms in total. The molecule has 1 saturated heterocycles. The van der Waals surface area contributed by atoms with Gasteiger partial charge in [0.1, 0.15) is 0 Å². The number of benzene rings is 2. The minimum Gasteiger partial charge on any atom is -0.341 e. The molecule has 4 rings (SSSR count). The van der Waals surface area contributed by atoms with Crippen LogP contribution in [0.1, 0.15) is 42.3 Å². The number of nitrogens with one attached hydrogen (secondary N) is 1. The molecule has 0 radical (unpaired) electrons. The molecule has 2 atom stereocenters. The summed E-state index contributed by atoms with van der Waals surface area (Å²) < 4.78 is 1.22. The van der Waals surface area contributed by atoms with E-state index in [9.17, 15) is 4.79 Å². The Morgan fingerprint density at radius 3 is 2.86 bits per heavy atom. The third-order valence-electron chi connectivity index (χ3n) is 5.36. The summed E-state index contributed by atoms with van der Waals surface area (Å²) in [5, 5.41) is 5.22. The van der Waals surface area contributed by atoms with Gasteiger partial charge in [0, 0.05) is 30.1 Å². The van der Waals surface area contributed by atoms with Gasteiger partial charge in [-0.25, -0.2) is 4.98 Å². The summed E-state index contributed by atoms with van der Waals surface area (Å²) in [6.45, 7) is 4.00. The fourth-order valence-corrected chi connectivity index (χ4v) is 4.91. The smallest absolute Gasteiger partial charge is 0.236 e. The van der Waals surface area contributed by atoms with Gasteiger partial charge < -0.3 is 10.2 Å². The van der Waals surface area contributed by atoms with E-state index < -0.39 is 0 Å². The number of nitrogens with zero attached hydrogens (tertiary/aromatic N) is 2. The van der Waals surface area contributed by atoms with Crippen LogP contribution in [-0.4, -0.2) is 35.4 Å². The van der Waals surface area contributed by atoms with Crippen molar-refractivity contribution in [1.29, 1.82) is 0 Å². The Bertz CT molecular complexity index is 923. The van der Waals surface area contributed by atoms with E-state index in [0.29, 0.717) is 12.5 Å². The fraction of sp³-hybridized carbons (Fsp3) is 0.364. The number of likely N-dealkylation sites (tertiary alicyclic amines) is 1. The second-order valence-corrected chi connectivity index (χ2v) is 8.85. The van der Waals surface area contributed by atoms with Crippen LogP contribution in [0, 0.1) is 0 Å². The number of piperidine rings is 1. The Hall–Kier alpha value is -1.95. The molecule has 3 aromatic rings. The second-order valence-electron chi connectivity index (χ2n) is 7.35. The van der Waals surface area contributed by atoms with E-state index in [4.69, 9.17) is 16.6 Å². The molecule has 0 unspecified atom stereocenters. The number of rotatable bonds is 5. The van der Waals surface area contributed by atoms with Gasteiger partial charge in [-0.2, -0.15) is 0 Å². The summed E-state index contributed by atoms with van der Waals surface area (Å²) in [7, 11) is 0. The van der Waals surface area contributed by atoms with Gasteiger partial charge in [0.05, 0.1) is 21.8 Å². The molecule has 1 fully saturated rings. The first-order valence-electron chi connectivity index (χ1n) is 9.72. The monoisotopic (exact) mass is 413 g/mol. The molecule has 1 aliphatic heterocycles. The van der Waals surface area contributed by atoms with Gasteiger partial charge in [-0.05, 0) is 49.6 Å². The average Bonchev–Trinajstić information content (AvgIpc) is 3.17. The van der Waals surface area contributed by atoms with Crippen molar-refractivity contribution in [3.8, 4) is 0 Å². The molecular weight excluding hydrogens is 390 g/mol. The van der Waals surface area contributed by atoms with Crippen molar-refractivity contribution >= 4 is 39.1 Å². The van der Waals surface area contributed by atoms with Gasteiger partial charge in [-0.3, -0.25) is 4.79 Å². The van der Waals surface area contributed by atoms with Gasteiger partial charge >= 0.3 is 0 Å². The van der Waals surface area contributed by atoms with Crippen molar-refractivity contribution in [3.63, 3.8) is 0 Å². The Kier molecular flexibility index (Phi) is 5.95. The molecule has 6 heteroatoms. The number of hydrogen-bond acceptors (Lipinski definition) is 4. The number of carbonyl (C=O) groups excluding carboxylic acids is 1. The summed E-state index contributed by atoms with van der Waals surface area (Å²) in [6, 6.07) is 16.1. The van der Waals surface area contributed by atoms with Crippen molar-refractivity contribution < 1.29 is 4.79 Å². The molecule has 0 spiro atoms. The second kappa shape index (κ2) is 8.60. The van der Waals surface area contributed by atoms with E-state index in [1.165, 1.54) is 4.70 Å². The quantitative estimate of drug-likeness (QED) is 0.639. The standard InChI is InChI=1S/C22H24ClN3OS/c1-15(16-8-10-18(23)11-9-16)24-13-21(27)26-12-4-5-17(14-26)22-25-19-6-2-3-7-20(19)28-22/h2-3,6-11,15,17,24H,4-5,12-14H2,1H3/t15-,17-/m0/s1. The topological polar surface area (TPSA) is 45.2 Å². The van der Waals surface area contributed by atoms with Crippen molar-refractivity contribution in [3.05, 3.63) is 64.1 Å². The molecule has 28 heavy (non-hydrogen) atoms. The molecule has 146 valence electrons. The number of amides is 1. The third kappa shape index (κ3) is 4.37. The van der Waals surface area contributed by atoms with Crippen LogP contribution in [0.25, 0.3) is 10.2 Å². The number of fused-ring (bicyclic) bond motifs is 1. The van der Waals surface area contributed by atoms with E-state index in [2.05, 4.69) is 30.4 Å². The molecule has 2 aromatic carbocycles. The molecule has 1 aromatic heterocycles. The molecule has 1 amide bonds. The Morgan fingerprint density at radius 1 is 1.29 bits per heavy atom. The maximum atomic E-state index is 12.8. The van der Waals surface area contributed by atoms with E-state index in [-0.39, 0.29) is 11.9 Å². The number of para-hydroxylation sites is 1. The van der Waals surface area contributed by atoms with Crippen molar-refractivity contribution in [1.82, 2.24) is 15.2 Å². The van der Waals surface area contributed by atoms with Crippen molar-refractivity contribution in [2.24, 2.45) is 0 Å². The van der Waals surface area contributed by atoms with Crippen LogP contribution in [0.3, 0.4) is 0 Å². The summed E-state index contributed by atoms with van der Waals surface area (Å²) in [5.41, 5.74) is 2.19. The van der Waals surface area contributed by atoms with Crippen LogP contribution in [-0.2, 0) is 4.79 Å². The highest BCUT2D eigenvalue weighted by molar-refractivity contribution is 7.18. The lowest BCUT2D eigenvalue weighted by Gasteiger charge is -2.32. The van der Waals surface area contributed by atoms with Crippen molar-refractivity contribution in [2.75, 3.05) is 19.6 Å². The number of thiazole rings is 1. The lowest BCUT2D eigenvalue weighted by atomic mass is 9.98. The van der Waals surface area contributed by atoms with E-state index in [1.54, 1.807) is 11.3 Å². The first-order chi connectivity index (χ1) is 13.6. The van der Waals surface area contributed by atoms with E-state index in [1.807, 2.05) is 35.2 Å². The van der Waals surface area contributed by atoms with Crippen LogP contribution < -0.4 is 5.32 Å². The Morgan fingerprint density at radius 2 is 2.07 bits per heavy atom. The van der Waals surface area contributed by atoms with Crippen LogP contribution in [0.2, 0.25) is 5.02 Å². The molecule has 0 aliphatic carbocycles. The van der Waals surface area contributed by atoms with Crippen molar-refractivity contribution in [2.45, 2.75) is 31.7 Å². The molecule has 1 aliphatic rings. The van der Waals surface area contributed by atoms with Crippen LogP contribution >= 0.6 is 22.9 Å².